The topological polar surface area (TPSA) is 99.0 Å². The summed E-state index contributed by atoms with van der Waals surface area (Å²) in [6, 6.07) is 4.74. The van der Waals surface area contributed by atoms with Gasteiger partial charge in [0.2, 0.25) is 0 Å². The van der Waals surface area contributed by atoms with Gasteiger partial charge in [0.25, 0.3) is 0 Å². The standard InChI is InChI=1S/C19H22FN5O5/c1-13(26)29-12-14-9-24(22-21-14)10-16-11-25(19(27)30-16)15-2-3-18(17(20)8-15)23-4-6-28-7-5-23/h2-3,8-9,16H,4-7,10-12H2,1H3/t16-/m0/s1. The van der Waals surface area contributed by atoms with Crippen molar-refractivity contribution in [3.63, 3.8) is 0 Å². The number of ether oxygens (including phenoxy) is 3. The van der Waals surface area contributed by atoms with Crippen molar-refractivity contribution >= 4 is 23.4 Å². The third kappa shape index (κ3) is 4.51. The van der Waals surface area contributed by atoms with Crippen molar-refractivity contribution in [1.82, 2.24) is 15.0 Å². The number of cyclic esters (lactones) is 1. The lowest BCUT2D eigenvalue weighted by molar-refractivity contribution is -0.142. The van der Waals surface area contributed by atoms with Gasteiger partial charge in [0.15, 0.2) is 0 Å². The lowest BCUT2D eigenvalue weighted by Crippen LogP contribution is -2.36. The second kappa shape index (κ2) is 8.66. The average Bonchev–Trinajstić information content (AvgIpc) is 3.33. The van der Waals surface area contributed by atoms with E-state index in [1.54, 1.807) is 18.3 Å². The normalized spacial score (nSPS) is 19.1. The van der Waals surface area contributed by atoms with Crippen LogP contribution in [0.25, 0.3) is 0 Å². The van der Waals surface area contributed by atoms with Crippen LogP contribution < -0.4 is 9.80 Å². The third-order valence-electron chi connectivity index (χ3n) is 4.87. The van der Waals surface area contributed by atoms with Crippen molar-refractivity contribution in [2.75, 3.05) is 42.6 Å². The van der Waals surface area contributed by atoms with Crippen LogP contribution in [0.15, 0.2) is 24.4 Å². The predicted octanol–water partition coefficient (Wildman–Crippen LogP) is 1.34. The van der Waals surface area contributed by atoms with Gasteiger partial charge in [-0.3, -0.25) is 9.69 Å². The van der Waals surface area contributed by atoms with Crippen LogP contribution in [0.2, 0.25) is 0 Å². The summed E-state index contributed by atoms with van der Waals surface area (Å²) in [6.45, 7) is 4.26. The van der Waals surface area contributed by atoms with Crippen molar-refractivity contribution < 1.29 is 28.2 Å². The number of amides is 1. The fourth-order valence-corrected chi connectivity index (χ4v) is 3.43. The minimum atomic E-state index is -0.543. The fraction of sp³-hybridized carbons (Fsp3) is 0.474. The molecule has 0 unspecified atom stereocenters. The van der Waals surface area contributed by atoms with E-state index in [4.69, 9.17) is 14.2 Å². The number of esters is 1. The number of nitrogens with zero attached hydrogens (tertiary/aromatic N) is 5. The molecule has 30 heavy (non-hydrogen) atoms. The SMILES string of the molecule is CC(=O)OCc1cn(C[C@H]2CN(c3ccc(N4CCOCC4)c(F)c3)C(=O)O2)nn1. The summed E-state index contributed by atoms with van der Waals surface area (Å²) < 4.78 is 31.8. The van der Waals surface area contributed by atoms with Crippen molar-refractivity contribution in [2.45, 2.75) is 26.2 Å². The Balaban J connectivity index is 1.38. The second-order valence-corrected chi connectivity index (χ2v) is 7.06. The average molecular weight is 419 g/mol. The van der Waals surface area contributed by atoms with E-state index in [1.165, 1.54) is 22.6 Å². The molecule has 160 valence electrons. The highest BCUT2D eigenvalue weighted by atomic mass is 19.1. The quantitative estimate of drug-likeness (QED) is 0.647. The van der Waals surface area contributed by atoms with E-state index in [0.29, 0.717) is 43.4 Å². The lowest BCUT2D eigenvalue weighted by atomic mass is 10.2. The minimum Gasteiger partial charge on any atom is -0.459 e. The van der Waals surface area contributed by atoms with Crippen LogP contribution in [-0.4, -0.2) is 66.0 Å². The summed E-state index contributed by atoms with van der Waals surface area (Å²) >= 11 is 0. The molecule has 1 aromatic heterocycles. The molecule has 2 fully saturated rings. The van der Waals surface area contributed by atoms with Crippen molar-refractivity contribution in [1.29, 1.82) is 0 Å². The van der Waals surface area contributed by atoms with Gasteiger partial charge >= 0.3 is 12.1 Å². The number of halogens is 1. The van der Waals surface area contributed by atoms with Gasteiger partial charge in [0.1, 0.15) is 24.2 Å². The van der Waals surface area contributed by atoms with Gasteiger partial charge in [-0.05, 0) is 18.2 Å². The van der Waals surface area contributed by atoms with Crippen LogP contribution in [0, 0.1) is 5.82 Å². The van der Waals surface area contributed by atoms with Crippen LogP contribution >= 0.6 is 0 Å². The Morgan fingerprint density at radius 2 is 2.13 bits per heavy atom. The molecule has 2 saturated heterocycles. The molecule has 0 bridgehead atoms. The molecule has 1 aromatic carbocycles. The number of hydrogen-bond donors (Lipinski definition) is 0. The summed E-state index contributed by atoms with van der Waals surface area (Å²) in [6.07, 6.45) is 0.609. The molecule has 3 heterocycles. The Hall–Kier alpha value is -3.21. The Morgan fingerprint density at radius 3 is 2.87 bits per heavy atom. The molecule has 2 aliphatic heterocycles. The van der Waals surface area contributed by atoms with E-state index in [1.807, 2.05) is 4.90 Å². The zero-order valence-electron chi connectivity index (χ0n) is 16.5. The van der Waals surface area contributed by atoms with Gasteiger partial charge in [-0.25, -0.2) is 13.9 Å². The van der Waals surface area contributed by atoms with Gasteiger partial charge < -0.3 is 19.1 Å². The molecular weight excluding hydrogens is 397 g/mol. The monoisotopic (exact) mass is 419 g/mol. The molecule has 1 atom stereocenters. The number of morpholine rings is 1. The molecule has 0 N–H and O–H groups in total. The highest BCUT2D eigenvalue weighted by molar-refractivity contribution is 5.90. The number of benzene rings is 1. The highest BCUT2D eigenvalue weighted by Crippen LogP contribution is 2.28. The predicted molar refractivity (Wildman–Crippen MR) is 103 cm³/mol. The molecule has 10 nitrogen and oxygen atoms in total. The smallest absolute Gasteiger partial charge is 0.414 e. The summed E-state index contributed by atoms with van der Waals surface area (Å²) in [5.74, 6) is -0.797. The van der Waals surface area contributed by atoms with Gasteiger partial charge in [0, 0.05) is 20.0 Å². The van der Waals surface area contributed by atoms with Crippen molar-refractivity contribution in [2.24, 2.45) is 0 Å². The van der Waals surface area contributed by atoms with Crippen LogP contribution in [0.3, 0.4) is 0 Å². The maximum absolute atomic E-state index is 14.7. The van der Waals surface area contributed by atoms with E-state index < -0.39 is 24.0 Å². The maximum Gasteiger partial charge on any atom is 0.414 e. The van der Waals surface area contributed by atoms with Crippen LogP contribution in [0.4, 0.5) is 20.6 Å². The highest BCUT2D eigenvalue weighted by Gasteiger charge is 2.33. The molecule has 0 spiro atoms. The van der Waals surface area contributed by atoms with Crippen LogP contribution in [0.1, 0.15) is 12.6 Å². The Bertz CT molecular complexity index is 930. The third-order valence-corrected chi connectivity index (χ3v) is 4.87. The van der Waals surface area contributed by atoms with Crippen molar-refractivity contribution in [3.8, 4) is 0 Å². The molecule has 11 heteroatoms. The van der Waals surface area contributed by atoms with E-state index in [2.05, 4.69) is 10.3 Å². The molecule has 2 aromatic rings. The molecule has 2 aliphatic rings. The van der Waals surface area contributed by atoms with Gasteiger partial charge in [-0.2, -0.15) is 0 Å². The second-order valence-electron chi connectivity index (χ2n) is 7.06. The first-order valence-electron chi connectivity index (χ1n) is 9.62. The molecule has 1 amide bonds. The van der Waals surface area contributed by atoms with Gasteiger partial charge in [0.05, 0.1) is 43.9 Å². The van der Waals surface area contributed by atoms with Crippen LogP contribution in [0.5, 0.6) is 0 Å². The summed E-state index contributed by atoms with van der Waals surface area (Å²) in [4.78, 5) is 26.5. The number of carbonyl (C=O) groups is 2. The fourth-order valence-electron chi connectivity index (χ4n) is 3.43. The van der Waals surface area contributed by atoms with E-state index in [0.717, 1.165) is 0 Å². The van der Waals surface area contributed by atoms with E-state index in [9.17, 15) is 14.0 Å². The first-order chi connectivity index (χ1) is 14.5. The summed E-state index contributed by atoms with van der Waals surface area (Å²) in [5.41, 5.74) is 1.42. The number of aromatic nitrogens is 3. The van der Waals surface area contributed by atoms with E-state index >= 15 is 0 Å². The molecular formula is C19H22FN5O5. The van der Waals surface area contributed by atoms with Crippen LogP contribution in [-0.2, 0) is 32.2 Å². The zero-order valence-corrected chi connectivity index (χ0v) is 16.5. The van der Waals surface area contributed by atoms with Crippen molar-refractivity contribution in [3.05, 3.63) is 35.9 Å². The molecule has 0 radical (unpaired) electrons. The number of rotatable bonds is 6. The summed E-state index contributed by atoms with van der Waals surface area (Å²) in [7, 11) is 0. The summed E-state index contributed by atoms with van der Waals surface area (Å²) in [5, 5.41) is 7.86. The van der Waals surface area contributed by atoms with Gasteiger partial charge in [-0.1, -0.05) is 5.21 Å². The number of anilines is 2. The Morgan fingerprint density at radius 1 is 1.33 bits per heavy atom. The molecule has 4 rings (SSSR count). The molecule has 0 aliphatic carbocycles. The first-order valence-corrected chi connectivity index (χ1v) is 9.62. The first kappa shape index (κ1) is 20.1. The maximum atomic E-state index is 14.7. The van der Waals surface area contributed by atoms with Gasteiger partial charge in [-0.15, -0.1) is 5.10 Å². The lowest BCUT2D eigenvalue weighted by Gasteiger charge is -2.29. The number of hydrogen-bond acceptors (Lipinski definition) is 8. The Kier molecular flexibility index (Phi) is 5.79. The largest absolute Gasteiger partial charge is 0.459 e. The minimum absolute atomic E-state index is 0.0285. The molecule has 0 saturated carbocycles. The Labute approximate surface area is 172 Å². The number of carbonyl (C=O) groups excluding carboxylic acids is 2. The van der Waals surface area contributed by atoms with E-state index in [-0.39, 0.29) is 19.7 Å². The zero-order chi connectivity index (χ0) is 21.1.